The van der Waals surface area contributed by atoms with Crippen LogP contribution in [-0.2, 0) is 21.3 Å². The van der Waals surface area contributed by atoms with Crippen LogP contribution in [0.3, 0.4) is 0 Å². The third-order valence-corrected chi connectivity index (χ3v) is 4.83. The van der Waals surface area contributed by atoms with E-state index in [-0.39, 0.29) is 5.91 Å². The molecule has 1 unspecified atom stereocenters. The molecule has 0 saturated carbocycles. The molecule has 0 bridgehead atoms. The maximum Gasteiger partial charge on any atom is 0.256 e. The number of amides is 1. The number of hydrogen-bond acceptors (Lipinski definition) is 2. The largest absolute Gasteiger partial charge is 0.321 e. The van der Waals surface area contributed by atoms with Gasteiger partial charge >= 0.3 is 0 Å². The molecule has 3 nitrogen and oxygen atoms in total. The minimum atomic E-state index is -1.23. The van der Waals surface area contributed by atoms with Gasteiger partial charge in [0.15, 0.2) is 0 Å². The number of anilines is 1. The Morgan fingerprint density at radius 2 is 1.81 bits per heavy atom. The zero-order chi connectivity index (χ0) is 14.8. The van der Waals surface area contributed by atoms with Crippen molar-refractivity contribution in [2.24, 2.45) is 0 Å². The van der Waals surface area contributed by atoms with Gasteiger partial charge in [-0.05, 0) is 23.8 Å². The van der Waals surface area contributed by atoms with Crippen LogP contribution >= 0.6 is 15.9 Å². The highest BCUT2D eigenvalue weighted by Crippen LogP contribution is 2.31. The van der Waals surface area contributed by atoms with E-state index in [4.69, 9.17) is 0 Å². The molecule has 0 aromatic heterocycles. The van der Waals surface area contributed by atoms with Crippen LogP contribution in [0.5, 0.6) is 0 Å². The van der Waals surface area contributed by atoms with Crippen molar-refractivity contribution in [3.63, 3.8) is 0 Å². The number of benzene rings is 2. The third kappa shape index (κ3) is 3.14. The maximum absolute atomic E-state index is 12.3. The number of hydrogen-bond donors (Lipinski definition) is 1. The summed E-state index contributed by atoms with van der Waals surface area (Å²) in [5, 5.41) is 4.32. The van der Waals surface area contributed by atoms with Gasteiger partial charge in [-0.25, -0.2) is 0 Å². The molecule has 1 aliphatic rings. The van der Waals surface area contributed by atoms with E-state index < -0.39 is 10.8 Å². The van der Waals surface area contributed by atoms with Crippen LogP contribution in [0, 0.1) is 0 Å². The zero-order valence-corrected chi connectivity index (χ0v) is 13.4. The van der Waals surface area contributed by atoms with Gasteiger partial charge in [-0.3, -0.25) is 9.00 Å². The topological polar surface area (TPSA) is 46.2 Å². The van der Waals surface area contributed by atoms with Crippen LogP contribution in [0.25, 0.3) is 5.57 Å². The molecule has 1 aliphatic heterocycles. The fourth-order valence-corrected chi connectivity index (χ4v) is 3.54. The molecule has 0 aliphatic carbocycles. The second-order valence-corrected chi connectivity index (χ2v) is 6.88. The molecule has 3 rings (SSSR count). The molecular formula is C16H12BrNO2S. The molecule has 1 atom stereocenters. The number of para-hydroxylation sites is 1. The predicted octanol–water partition coefficient (Wildman–Crippen LogP) is 3.69. The Kier molecular flexibility index (Phi) is 4.03. The van der Waals surface area contributed by atoms with E-state index in [0.717, 1.165) is 21.3 Å². The summed E-state index contributed by atoms with van der Waals surface area (Å²) < 4.78 is 13.2. The van der Waals surface area contributed by atoms with Crippen molar-refractivity contribution in [2.45, 2.75) is 5.75 Å². The lowest BCUT2D eigenvalue weighted by Crippen LogP contribution is -2.05. The molecule has 0 saturated heterocycles. The van der Waals surface area contributed by atoms with Crippen LogP contribution in [0.1, 0.15) is 11.1 Å². The summed E-state index contributed by atoms with van der Waals surface area (Å²) in [5.74, 6) is 0.201. The van der Waals surface area contributed by atoms with Gasteiger partial charge in [0, 0.05) is 21.1 Å². The minimum Gasteiger partial charge on any atom is -0.321 e. The predicted molar refractivity (Wildman–Crippen MR) is 89.0 cm³/mol. The van der Waals surface area contributed by atoms with Gasteiger partial charge in [0.05, 0.1) is 22.1 Å². The monoisotopic (exact) mass is 361 g/mol. The molecule has 2 aromatic carbocycles. The lowest BCUT2D eigenvalue weighted by Gasteiger charge is -2.00. The van der Waals surface area contributed by atoms with Crippen molar-refractivity contribution in [3.05, 3.63) is 69.5 Å². The standard InChI is InChI=1S/C16H12BrNO2S/c17-12-7-5-11(6-8-12)9-21(20)10-14-13-3-1-2-4-15(13)18-16(14)19/h1-8,10H,9H2,(H,18,19). The zero-order valence-electron chi connectivity index (χ0n) is 11.0. The summed E-state index contributed by atoms with van der Waals surface area (Å²) >= 11 is 3.37. The minimum absolute atomic E-state index is 0.194. The summed E-state index contributed by atoms with van der Waals surface area (Å²) in [5.41, 5.74) is 3.04. The fraction of sp³-hybridized carbons (Fsp3) is 0.0625. The molecule has 1 amide bonds. The Morgan fingerprint density at radius 3 is 2.57 bits per heavy atom. The van der Waals surface area contributed by atoms with Crippen LogP contribution in [0.2, 0.25) is 0 Å². The van der Waals surface area contributed by atoms with Crippen LogP contribution in [0.4, 0.5) is 5.69 Å². The lowest BCUT2D eigenvalue weighted by atomic mass is 10.1. The van der Waals surface area contributed by atoms with E-state index in [2.05, 4.69) is 21.2 Å². The number of carbonyl (C=O) groups is 1. The highest BCUT2D eigenvalue weighted by Gasteiger charge is 2.24. The van der Waals surface area contributed by atoms with E-state index in [1.165, 1.54) is 0 Å². The quantitative estimate of drug-likeness (QED) is 0.847. The maximum atomic E-state index is 12.3. The molecule has 0 radical (unpaired) electrons. The van der Waals surface area contributed by atoms with Crippen molar-refractivity contribution in [2.75, 3.05) is 5.32 Å². The molecule has 2 aromatic rings. The highest BCUT2D eigenvalue weighted by atomic mass is 79.9. The van der Waals surface area contributed by atoms with Gasteiger partial charge < -0.3 is 5.32 Å². The van der Waals surface area contributed by atoms with Gasteiger partial charge in [0.2, 0.25) is 0 Å². The Bertz CT molecular complexity index is 753. The highest BCUT2D eigenvalue weighted by molar-refractivity contribution is 9.10. The summed E-state index contributed by atoms with van der Waals surface area (Å²) in [7, 11) is -1.23. The first-order chi connectivity index (χ1) is 10.1. The summed E-state index contributed by atoms with van der Waals surface area (Å²) in [4.78, 5) is 11.9. The van der Waals surface area contributed by atoms with E-state index in [0.29, 0.717) is 11.3 Å². The first kappa shape index (κ1) is 14.2. The molecule has 0 spiro atoms. The number of carbonyl (C=O) groups excluding carboxylic acids is 1. The molecule has 0 fully saturated rings. The molecule has 5 heteroatoms. The first-order valence-corrected chi connectivity index (χ1v) is 8.55. The fourth-order valence-electron chi connectivity index (χ4n) is 2.17. The van der Waals surface area contributed by atoms with Gasteiger partial charge in [0.1, 0.15) is 0 Å². The summed E-state index contributed by atoms with van der Waals surface area (Å²) in [6.45, 7) is 0. The third-order valence-electron chi connectivity index (χ3n) is 3.18. The van der Waals surface area contributed by atoms with Crippen LogP contribution in [0.15, 0.2) is 58.4 Å². The number of fused-ring (bicyclic) bond motifs is 1. The van der Waals surface area contributed by atoms with E-state index in [9.17, 15) is 9.00 Å². The average molecular weight is 362 g/mol. The Morgan fingerprint density at radius 1 is 1.10 bits per heavy atom. The van der Waals surface area contributed by atoms with E-state index >= 15 is 0 Å². The van der Waals surface area contributed by atoms with E-state index in [1.54, 1.807) is 5.41 Å². The molecule has 21 heavy (non-hydrogen) atoms. The first-order valence-electron chi connectivity index (χ1n) is 6.38. The van der Waals surface area contributed by atoms with Gasteiger partial charge in [0.25, 0.3) is 5.91 Å². The Labute approximate surface area is 133 Å². The summed E-state index contributed by atoms with van der Waals surface area (Å²) in [6.07, 6.45) is 0. The Hall–Kier alpha value is -1.72. The van der Waals surface area contributed by atoms with Crippen molar-refractivity contribution in [1.29, 1.82) is 0 Å². The van der Waals surface area contributed by atoms with Gasteiger partial charge in [-0.2, -0.15) is 0 Å². The smallest absolute Gasteiger partial charge is 0.256 e. The van der Waals surface area contributed by atoms with Crippen molar-refractivity contribution >= 4 is 43.9 Å². The number of halogens is 1. The van der Waals surface area contributed by atoms with Crippen LogP contribution in [-0.4, -0.2) is 10.1 Å². The van der Waals surface area contributed by atoms with Crippen molar-refractivity contribution in [3.8, 4) is 0 Å². The molecular weight excluding hydrogens is 350 g/mol. The van der Waals surface area contributed by atoms with Crippen molar-refractivity contribution < 1.29 is 9.00 Å². The van der Waals surface area contributed by atoms with Crippen molar-refractivity contribution in [1.82, 2.24) is 0 Å². The second-order valence-electron chi connectivity index (χ2n) is 4.68. The number of nitrogens with one attached hydrogen (secondary N) is 1. The molecule has 1 heterocycles. The average Bonchev–Trinajstić information content (AvgIpc) is 2.78. The SMILES string of the molecule is O=C1Nc2ccccc2C1=CS(=O)Cc1ccc(Br)cc1. The van der Waals surface area contributed by atoms with E-state index in [1.807, 2.05) is 48.5 Å². The van der Waals surface area contributed by atoms with Crippen LogP contribution < -0.4 is 5.32 Å². The lowest BCUT2D eigenvalue weighted by molar-refractivity contribution is -0.110. The normalized spacial score (nSPS) is 16.6. The number of rotatable bonds is 3. The van der Waals surface area contributed by atoms with Gasteiger partial charge in [-0.15, -0.1) is 0 Å². The molecule has 1 N–H and O–H groups in total. The molecule has 106 valence electrons. The second kappa shape index (κ2) is 5.95. The summed E-state index contributed by atoms with van der Waals surface area (Å²) in [6, 6.07) is 15.1. The Balaban J connectivity index is 1.83. The van der Waals surface area contributed by atoms with Gasteiger partial charge in [-0.1, -0.05) is 46.3 Å².